The Morgan fingerprint density at radius 2 is 1.91 bits per heavy atom. The molecule has 0 saturated heterocycles. The van der Waals surface area contributed by atoms with Gasteiger partial charge in [0.15, 0.2) is 6.61 Å². The van der Waals surface area contributed by atoms with Crippen molar-refractivity contribution in [3.8, 4) is 6.07 Å². The summed E-state index contributed by atoms with van der Waals surface area (Å²) in [6, 6.07) is 14.5. The van der Waals surface area contributed by atoms with Crippen molar-refractivity contribution < 1.29 is 14.3 Å². The third kappa shape index (κ3) is 4.33. The number of rotatable bonds is 4. The maximum Gasteiger partial charge on any atom is 0.338 e. The monoisotopic (exact) mass is 314 g/mol. The highest BCUT2D eigenvalue weighted by atomic mass is 35.5. The predicted molar refractivity (Wildman–Crippen MR) is 81.5 cm³/mol. The molecular formula is C16H11ClN2O3. The first kappa shape index (κ1) is 15.5. The summed E-state index contributed by atoms with van der Waals surface area (Å²) in [5.41, 5.74) is 1.12. The number of benzene rings is 2. The van der Waals surface area contributed by atoms with Crippen LogP contribution in [0, 0.1) is 11.3 Å². The van der Waals surface area contributed by atoms with Gasteiger partial charge in [-0.25, -0.2) is 4.79 Å². The quantitative estimate of drug-likeness (QED) is 0.880. The molecule has 110 valence electrons. The van der Waals surface area contributed by atoms with Crippen molar-refractivity contribution in [1.82, 2.24) is 0 Å². The van der Waals surface area contributed by atoms with Crippen LogP contribution >= 0.6 is 11.6 Å². The topological polar surface area (TPSA) is 79.2 Å². The highest BCUT2D eigenvalue weighted by Gasteiger charge is 2.11. The van der Waals surface area contributed by atoms with Crippen LogP contribution in [0.15, 0.2) is 48.5 Å². The number of nitriles is 1. The first-order valence-electron chi connectivity index (χ1n) is 6.31. The van der Waals surface area contributed by atoms with E-state index >= 15 is 0 Å². The zero-order chi connectivity index (χ0) is 15.9. The molecule has 0 aromatic heterocycles. The Morgan fingerprint density at radius 3 is 2.59 bits per heavy atom. The summed E-state index contributed by atoms with van der Waals surface area (Å²) in [7, 11) is 0. The van der Waals surface area contributed by atoms with E-state index in [9.17, 15) is 9.59 Å². The Bertz CT molecular complexity index is 736. The van der Waals surface area contributed by atoms with Crippen molar-refractivity contribution in [3.63, 3.8) is 0 Å². The maximum atomic E-state index is 11.8. The summed E-state index contributed by atoms with van der Waals surface area (Å²) in [5.74, 6) is -1.13. The van der Waals surface area contributed by atoms with Crippen LogP contribution < -0.4 is 5.32 Å². The molecule has 0 radical (unpaired) electrons. The molecular weight excluding hydrogens is 304 g/mol. The standard InChI is InChI=1S/C16H11ClN2O3/c17-13-4-6-14(7-5-13)19-15(20)10-22-16(21)12-3-1-2-11(8-12)9-18/h1-8H,10H2,(H,19,20). The lowest BCUT2D eigenvalue weighted by Crippen LogP contribution is -2.20. The van der Waals surface area contributed by atoms with E-state index in [0.717, 1.165) is 0 Å². The molecule has 0 unspecified atom stereocenters. The van der Waals surface area contributed by atoms with Gasteiger partial charge in [-0.15, -0.1) is 0 Å². The van der Waals surface area contributed by atoms with Gasteiger partial charge in [-0.1, -0.05) is 17.7 Å². The van der Waals surface area contributed by atoms with E-state index in [1.807, 2.05) is 6.07 Å². The minimum atomic E-state index is -0.664. The van der Waals surface area contributed by atoms with Gasteiger partial charge < -0.3 is 10.1 Å². The molecule has 2 aromatic carbocycles. The summed E-state index contributed by atoms with van der Waals surface area (Å²) in [6.45, 7) is -0.418. The largest absolute Gasteiger partial charge is 0.452 e. The lowest BCUT2D eigenvalue weighted by Gasteiger charge is -2.07. The van der Waals surface area contributed by atoms with Gasteiger partial charge in [0.25, 0.3) is 5.91 Å². The van der Waals surface area contributed by atoms with E-state index in [2.05, 4.69) is 5.32 Å². The smallest absolute Gasteiger partial charge is 0.338 e. The van der Waals surface area contributed by atoms with Crippen molar-refractivity contribution >= 4 is 29.2 Å². The van der Waals surface area contributed by atoms with Crippen molar-refractivity contribution in [2.24, 2.45) is 0 Å². The van der Waals surface area contributed by atoms with Gasteiger partial charge in [-0.05, 0) is 42.5 Å². The van der Waals surface area contributed by atoms with Crippen molar-refractivity contribution in [3.05, 3.63) is 64.7 Å². The number of nitrogens with one attached hydrogen (secondary N) is 1. The number of nitrogens with zero attached hydrogens (tertiary/aromatic N) is 1. The molecule has 6 heteroatoms. The zero-order valence-electron chi connectivity index (χ0n) is 11.4. The van der Waals surface area contributed by atoms with Gasteiger partial charge in [0.2, 0.25) is 0 Å². The van der Waals surface area contributed by atoms with Gasteiger partial charge in [-0.2, -0.15) is 5.26 Å². The van der Waals surface area contributed by atoms with Gasteiger partial charge in [-0.3, -0.25) is 4.79 Å². The highest BCUT2D eigenvalue weighted by molar-refractivity contribution is 6.30. The first-order chi connectivity index (χ1) is 10.6. The van der Waals surface area contributed by atoms with Crippen molar-refractivity contribution in [1.29, 1.82) is 5.26 Å². The molecule has 0 aliphatic heterocycles. The Balaban J connectivity index is 1.89. The minimum absolute atomic E-state index is 0.221. The second kappa shape index (κ2) is 7.25. The number of ether oxygens (including phenoxy) is 1. The zero-order valence-corrected chi connectivity index (χ0v) is 12.1. The van der Waals surface area contributed by atoms with Crippen LogP contribution in [0.1, 0.15) is 15.9 Å². The van der Waals surface area contributed by atoms with Gasteiger partial charge in [0, 0.05) is 10.7 Å². The number of anilines is 1. The van der Waals surface area contributed by atoms with Gasteiger partial charge in [0.1, 0.15) is 0 Å². The molecule has 22 heavy (non-hydrogen) atoms. The van der Waals surface area contributed by atoms with E-state index < -0.39 is 18.5 Å². The minimum Gasteiger partial charge on any atom is -0.452 e. The van der Waals surface area contributed by atoms with E-state index in [1.54, 1.807) is 36.4 Å². The van der Waals surface area contributed by atoms with Crippen LogP contribution in [-0.4, -0.2) is 18.5 Å². The molecule has 0 atom stereocenters. The van der Waals surface area contributed by atoms with Crippen LogP contribution in [0.3, 0.4) is 0 Å². The number of carbonyl (C=O) groups excluding carboxylic acids is 2. The summed E-state index contributed by atoms with van der Waals surface area (Å²) < 4.78 is 4.90. The van der Waals surface area contributed by atoms with E-state index in [1.165, 1.54) is 12.1 Å². The first-order valence-corrected chi connectivity index (χ1v) is 6.69. The Hall–Kier alpha value is -2.84. The molecule has 1 amide bonds. The number of hydrogen-bond donors (Lipinski definition) is 1. The number of halogens is 1. The van der Waals surface area contributed by atoms with Crippen molar-refractivity contribution in [2.75, 3.05) is 11.9 Å². The SMILES string of the molecule is N#Cc1cccc(C(=O)OCC(=O)Nc2ccc(Cl)cc2)c1. The molecule has 0 heterocycles. The van der Waals surface area contributed by atoms with Crippen LogP contribution in [0.25, 0.3) is 0 Å². The Labute approximate surface area is 132 Å². The fourth-order valence-electron chi connectivity index (χ4n) is 1.66. The molecule has 2 aromatic rings. The summed E-state index contributed by atoms with van der Waals surface area (Å²) in [5, 5.41) is 11.9. The summed E-state index contributed by atoms with van der Waals surface area (Å²) in [6.07, 6.45) is 0. The summed E-state index contributed by atoms with van der Waals surface area (Å²) in [4.78, 5) is 23.5. The van der Waals surface area contributed by atoms with Crippen LogP contribution in [0.4, 0.5) is 5.69 Å². The average Bonchev–Trinajstić information content (AvgIpc) is 2.55. The maximum absolute atomic E-state index is 11.8. The molecule has 5 nitrogen and oxygen atoms in total. The average molecular weight is 315 g/mol. The molecule has 0 spiro atoms. The van der Waals surface area contributed by atoms with Crippen LogP contribution in [0.5, 0.6) is 0 Å². The van der Waals surface area contributed by atoms with Crippen LogP contribution in [-0.2, 0) is 9.53 Å². The fourth-order valence-corrected chi connectivity index (χ4v) is 1.79. The Morgan fingerprint density at radius 1 is 1.18 bits per heavy atom. The molecule has 0 fully saturated rings. The number of esters is 1. The Kier molecular flexibility index (Phi) is 5.12. The second-order valence-electron chi connectivity index (χ2n) is 4.32. The normalized spacial score (nSPS) is 9.64. The number of amides is 1. The predicted octanol–water partition coefficient (Wildman–Crippen LogP) is 3.01. The molecule has 0 aliphatic carbocycles. The number of hydrogen-bond acceptors (Lipinski definition) is 4. The van der Waals surface area contributed by atoms with Crippen molar-refractivity contribution in [2.45, 2.75) is 0 Å². The molecule has 2 rings (SSSR count). The van der Waals surface area contributed by atoms with Gasteiger partial charge in [0.05, 0.1) is 17.2 Å². The lowest BCUT2D eigenvalue weighted by atomic mass is 10.1. The third-order valence-corrected chi connectivity index (χ3v) is 2.94. The highest BCUT2D eigenvalue weighted by Crippen LogP contribution is 2.13. The van der Waals surface area contributed by atoms with E-state index in [0.29, 0.717) is 16.3 Å². The van der Waals surface area contributed by atoms with Gasteiger partial charge >= 0.3 is 5.97 Å². The molecule has 0 bridgehead atoms. The van der Waals surface area contributed by atoms with Crippen LogP contribution in [0.2, 0.25) is 5.02 Å². The number of carbonyl (C=O) groups is 2. The molecule has 0 aliphatic rings. The third-order valence-electron chi connectivity index (χ3n) is 2.69. The molecule has 1 N–H and O–H groups in total. The fraction of sp³-hybridized carbons (Fsp3) is 0.0625. The summed E-state index contributed by atoms with van der Waals surface area (Å²) >= 11 is 5.74. The van der Waals surface area contributed by atoms with E-state index in [-0.39, 0.29) is 5.56 Å². The lowest BCUT2D eigenvalue weighted by molar-refractivity contribution is -0.119. The van der Waals surface area contributed by atoms with E-state index in [4.69, 9.17) is 21.6 Å². The second-order valence-corrected chi connectivity index (χ2v) is 4.76. The molecule has 0 saturated carbocycles.